The fourth-order valence-electron chi connectivity index (χ4n) is 4.08. The van der Waals surface area contributed by atoms with Gasteiger partial charge in [0.1, 0.15) is 0 Å². The molecule has 208 valence electrons. The maximum atomic E-state index is 12.8. The van der Waals surface area contributed by atoms with Crippen molar-refractivity contribution < 1.29 is 19.1 Å². The van der Waals surface area contributed by atoms with Crippen LogP contribution in [0.2, 0.25) is 5.02 Å². The SMILES string of the molecule is CCOC(=O)CCNC(=O)c1ccc(NC(=O)CSc2nnc(Br)n2-c2ccc(CC)c3ccccc23)c(Cl)c1. The number of hydrogen-bond donors (Lipinski definition) is 2. The number of benzene rings is 3. The molecule has 9 nitrogen and oxygen atoms in total. The number of carbonyl (C=O) groups excluding carboxylic acids is 3. The molecule has 2 N–H and O–H groups in total. The van der Waals surface area contributed by atoms with E-state index < -0.39 is 0 Å². The number of amides is 2. The lowest BCUT2D eigenvalue weighted by Gasteiger charge is -2.13. The Labute approximate surface area is 249 Å². The van der Waals surface area contributed by atoms with Gasteiger partial charge in [0.25, 0.3) is 5.91 Å². The average Bonchev–Trinajstić information content (AvgIpc) is 3.32. The van der Waals surface area contributed by atoms with E-state index in [0.29, 0.717) is 21.1 Å². The van der Waals surface area contributed by atoms with Gasteiger partial charge in [0.2, 0.25) is 10.6 Å². The molecule has 0 radical (unpaired) electrons. The minimum absolute atomic E-state index is 0.0581. The van der Waals surface area contributed by atoms with Gasteiger partial charge in [0.15, 0.2) is 5.16 Å². The molecule has 3 aromatic carbocycles. The van der Waals surface area contributed by atoms with Crippen LogP contribution >= 0.6 is 39.3 Å². The lowest BCUT2D eigenvalue weighted by molar-refractivity contribution is -0.142. The van der Waals surface area contributed by atoms with Crippen LogP contribution in [-0.2, 0) is 20.7 Å². The number of carbonyl (C=O) groups is 3. The first-order valence-corrected chi connectivity index (χ1v) is 14.8. The van der Waals surface area contributed by atoms with Crippen molar-refractivity contribution in [2.24, 2.45) is 0 Å². The molecule has 0 bridgehead atoms. The highest BCUT2D eigenvalue weighted by Crippen LogP contribution is 2.32. The number of aryl methyl sites for hydroxylation is 1. The van der Waals surface area contributed by atoms with Crippen LogP contribution in [0.3, 0.4) is 0 Å². The summed E-state index contributed by atoms with van der Waals surface area (Å²) in [6, 6.07) is 16.9. The number of esters is 1. The van der Waals surface area contributed by atoms with Gasteiger partial charge >= 0.3 is 5.97 Å². The smallest absolute Gasteiger partial charge is 0.307 e. The highest BCUT2D eigenvalue weighted by molar-refractivity contribution is 9.10. The topological polar surface area (TPSA) is 115 Å². The predicted molar refractivity (Wildman–Crippen MR) is 160 cm³/mol. The Balaban J connectivity index is 1.40. The molecule has 0 unspecified atom stereocenters. The minimum Gasteiger partial charge on any atom is -0.466 e. The molecule has 0 aliphatic heterocycles. The summed E-state index contributed by atoms with van der Waals surface area (Å²) in [6.45, 7) is 4.27. The Morgan fingerprint density at radius 2 is 1.82 bits per heavy atom. The summed E-state index contributed by atoms with van der Waals surface area (Å²) in [5.74, 6) is -1.01. The van der Waals surface area contributed by atoms with E-state index >= 15 is 0 Å². The Bertz CT molecular complexity index is 1560. The molecule has 0 saturated carbocycles. The third kappa shape index (κ3) is 7.01. The number of aromatic nitrogens is 3. The summed E-state index contributed by atoms with van der Waals surface area (Å²) in [7, 11) is 0. The average molecular weight is 645 g/mol. The second-order valence-electron chi connectivity index (χ2n) is 8.57. The molecule has 4 aromatic rings. The Kier molecular flexibility index (Phi) is 10.2. The van der Waals surface area contributed by atoms with Crippen molar-refractivity contribution in [3.63, 3.8) is 0 Å². The van der Waals surface area contributed by atoms with Gasteiger partial charge in [-0.25, -0.2) is 0 Å². The summed E-state index contributed by atoms with van der Waals surface area (Å²) >= 11 is 11.1. The van der Waals surface area contributed by atoms with Crippen LogP contribution in [0.5, 0.6) is 0 Å². The summed E-state index contributed by atoms with van der Waals surface area (Å²) in [5, 5.41) is 16.8. The van der Waals surface area contributed by atoms with E-state index in [4.69, 9.17) is 16.3 Å². The lowest BCUT2D eigenvalue weighted by atomic mass is 10.0. The molecule has 0 aliphatic rings. The van der Waals surface area contributed by atoms with Gasteiger partial charge in [-0.05, 0) is 64.5 Å². The van der Waals surface area contributed by atoms with Crippen molar-refractivity contribution in [1.29, 1.82) is 0 Å². The second-order valence-corrected chi connectivity index (χ2v) is 10.6. The maximum Gasteiger partial charge on any atom is 0.307 e. The maximum absolute atomic E-state index is 12.8. The van der Waals surface area contributed by atoms with Crippen LogP contribution in [0.1, 0.15) is 36.2 Å². The van der Waals surface area contributed by atoms with Crippen LogP contribution in [0, 0.1) is 0 Å². The Morgan fingerprint density at radius 1 is 1.05 bits per heavy atom. The quantitative estimate of drug-likeness (QED) is 0.156. The number of nitrogens with one attached hydrogen (secondary N) is 2. The molecule has 1 heterocycles. The largest absolute Gasteiger partial charge is 0.466 e. The molecule has 0 spiro atoms. The van der Waals surface area contributed by atoms with Gasteiger partial charge in [0, 0.05) is 17.5 Å². The van der Waals surface area contributed by atoms with Gasteiger partial charge in [-0.1, -0.05) is 60.6 Å². The number of ether oxygens (including phenoxy) is 1. The first kappa shape index (κ1) is 29.6. The highest BCUT2D eigenvalue weighted by Gasteiger charge is 2.18. The zero-order valence-corrected chi connectivity index (χ0v) is 25.0. The minimum atomic E-state index is -0.385. The number of nitrogens with zero attached hydrogens (tertiary/aromatic N) is 3. The molecular formula is C28H27BrClN5O4S. The number of hydrogen-bond acceptors (Lipinski definition) is 7. The molecule has 2 amide bonds. The first-order chi connectivity index (χ1) is 19.3. The van der Waals surface area contributed by atoms with Crippen LogP contribution in [0.25, 0.3) is 16.5 Å². The molecule has 0 atom stereocenters. The number of halogens is 2. The number of thioether (sulfide) groups is 1. The zero-order chi connectivity index (χ0) is 28.6. The van der Waals surface area contributed by atoms with Gasteiger partial charge in [0.05, 0.1) is 35.2 Å². The van der Waals surface area contributed by atoms with E-state index in [1.54, 1.807) is 19.1 Å². The van der Waals surface area contributed by atoms with E-state index in [2.05, 4.69) is 61.9 Å². The van der Waals surface area contributed by atoms with Crippen LogP contribution < -0.4 is 10.6 Å². The van der Waals surface area contributed by atoms with Gasteiger partial charge < -0.3 is 15.4 Å². The molecular weight excluding hydrogens is 618 g/mol. The van der Waals surface area contributed by atoms with E-state index in [9.17, 15) is 14.4 Å². The van der Waals surface area contributed by atoms with E-state index in [1.165, 1.54) is 23.4 Å². The summed E-state index contributed by atoms with van der Waals surface area (Å²) in [4.78, 5) is 36.6. The van der Waals surface area contributed by atoms with Crippen molar-refractivity contribution in [3.05, 3.63) is 75.5 Å². The second kappa shape index (κ2) is 13.8. The van der Waals surface area contributed by atoms with Crippen molar-refractivity contribution in [1.82, 2.24) is 20.1 Å². The molecule has 12 heteroatoms. The molecule has 40 heavy (non-hydrogen) atoms. The highest BCUT2D eigenvalue weighted by atomic mass is 79.9. The molecule has 4 rings (SSSR count). The fourth-order valence-corrected chi connectivity index (χ4v) is 5.61. The number of rotatable bonds is 11. The summed E-state index contributed by atoms with van der Waals surface area (Å²) in [6.07, 6.45) is 0.985. The Morgan fingerprint density at radius 3 is 2.55 bits per heavy atom. The third-order valence-corrected chi connectivity index (χ3v) is 7.72. The fraction of sp³-hybridized carbons (Fsp3) is 0.250. The lowest BCUT2D eigenvalue weighted by Crippen LogP contribution is -2.26. The predicted octanol–water partition coefficient (Wildman–Crippen LogP) is 5.81. The zero-order valence-electron chi connectivity index (χ0n) is 21.9. The van der Waals surface area contributed by atoms with E-state index in [-0.39, 0.29) is 48.1 Å². The van der Waals surface area contributed by atoms with Crippen LogP contribution in [0.15, 0.2) is 64.5 Å². The molecule has 1 aromatic heterocycles. The van der Waals surface area contributed by atoms with E-state index in [0.717, 1.165) is 22.9 Å². The van der Waals surface area contributed by atoms with Crippen molar-refractivity contribution in [2.75, 3.05) is 24.2 Å². The van der Waals surface area contributed by atoms with Gasteiger partial charge in [-0.3, -0.25) is 19.0 Å². The van der Waals surface area contributed by atoms with Crippen molar-refractivity contribution >= 4 is 73.5 Å². The van der Waals surface area contributed by atoms with Crippen molar-refractivity contribution in [3.8, 4) is 5.69 Å². The van der Waals surface area contributed by atoms with Gasteiger partial charge in [-0.15, -0.1) is 10.2 Å². The van der Waals surface area contributed by atoms with Gasteiger partial charge in [-0.2, -0.15) is 0 Å². The van der Waals surface area contributed by atoms with Crippen molar-refractivity contribution in [2.45, 2.75) is 31.8 Å². The standard InChI is InChI=1S/C28H27BrClN5O4S/c1-3-17-10-12-23(20-8-6-5-7-19(17)20)35-27(29)33-34-28(35)40-16-24(36)32-22-11-9-18(15-21(22)30)26(38)31-14-13-25(37)39-4-2/h5-12,15H,3-4,13-14,16H2,1-2H3,(H,31,38)(H,32,36). The summed E-state index contributed by atoms with van der Waals surface area (Å²) < 4.78 is 7.25. The van der Waals surface area contributed by atoms with E-state index in [1.807, 2.05) is 22.8 Å². The normalized spacial score (nSPS) is 10.9. The Hall–Kier alpha value is -3.41. The molecule has 0 saturated heterocycles. The monoisotopic (exact) mass is 643 g/mol. The molecule has 0 fully saturated rings. The van der Waals surface area contributed by atoms with Crippen LogP contribution in [0.4, 0.5) is 5.69 Å². The third-order valence-electron chi connectivity index (χ3n) is 5.96. The summed E-state index contributed by atoms with van der Waals surface area (Å²) in [5.41, 5.74) is 2.83. The van der Waals surface area contributed by atoms with Crippen LogP contribution in [-0.4, -0.2) is 51.5 Å². The first-order valence-electron chi connectivity index (χ1n) is 12.6. The molecule has 0 aliphatic carbocycles. The number of fused-ring (bicyclic) bond motifs is 1. The number of anilines is 1.